The van der Waals surface area contributed by atoms with E-state index in [1.165, 1.54) is 0 Å². The molecule has 0 aliphatic rings. The number of hydrogen-bond acceptors (Lipinski definition) is 5. The Bertz CT molecular complexity index is 1230. The maximum Gasteiger partial charge on any atom is 0.490 e. The van der Waals surface area contributed by atoms with Crippen molar-refractivity contribution in [1.82, 2.24) is 20.4 Å². The molecule has 154 valence electrons. The number of aromatic nitrogens is 3. The molecule has 30 heavy (non-hydrogen) atoms. The second-order valence-electron chi connectivity index (χ2n) is 5.94. The largest absolute Gasteiger partial charge is 0.490 e. The number of rotatable bonds is 2. The Morgan fingerprint density at radius 3 is 2.40 bits per heavy atom. The molecule has 8 nitrogen and oxygen atoms in total. The zero-order valence-electron chi connectivity index (χ0n) is 14.9. The summed E-state index contributed by atoms with van der Waals surface area (Å²) in [5.74, 6) is -2.61. The van der Waals surface area contributed by atoms with Crippen LogP contribution in [0.2, 0.25) is 0 Å². The van der Waals surface area contributed by atoms with E-state index in [2.05, 4.69) is 15.0 Å². The van der Waals surface area contributed by atoms with Crippen LogP contribution in [0.5, 0.6) is 0 Å². The SMILES string of the molecule is O=C(NO)c1ccc2nc(-c3ccnc4ccccc34)[nH]c2c1.O=C(O)C(F)(F)F. The number of nitrogens with one attached hydrogen (secondary N) is 2. The van der Waals surface area contributed by atoms with Crippen molar-refractivity contribution in [3.05, 3.63) is 60.3 Å². The summed E-state index contributed by atoms with van der Waals surface area (Å²) >= 11 is 0. The number of carbonyl (C=O) groups is 2. The number of benzene rings is 2. The number of amides is 1. The van der Waals surface area contributed by atoms with E-state index >= 15 is 0 Å². The number of para-hydroxylation sites is 1. The predicted octanol–water partition coefficient (Wildman–Crippen LogP) is 3.53. The van der Waals surface area contributed by atoms with Crippen molar-refractivity contribution in [2.24, 2.45) is 0 Å². The fraction of sp³-hybridized carbons (Fsp3) is 0.0526. The Hall–Kier alpha value is -3.99. The van der Waals surface area contributed by atoms with Crippen LogP contribution in [0.3, 0.4) is 0 Å². The number of carbonyl (C=O) groups excluding carboxylic acids is 1. The van der Waals surface area contributed by atoms with E-state index in [0.717, 1.165) is 27.5 Å². The Balaban J connectivity index is 0.000000318. The highest BCUT2D eigenvalue weighted by atomic mass is 19.4. The van der Waals surface area contributed by atoms with Crippen LogP contribution in [-0.4, -0.2) is 43.3 Å². The fourth-order valence-electron chi connectivity index (χ4n) is 2.65. The minimum atomic E-state index is -5.08. The summed E-state index contributed by atoms with van der Waals surface area (Å²) in [5.41, 5.74) is 5.29. The molecule has 2 heterocycles. The zero-order chi connectivity index (χ0) is 21.9. The average molecular weight is 418 g/mol. The second kappa shape index (κ2) is 8.17. The molecular formula is C19H13F3N4O4. The molecular weight excluding hydrogens is 405 g/mol. The standard InChI is InChI=1S/C17H12N4O2.C2HF3O2/c22-17(21-23)10-5-6-14-15(9-10)20-16(19-14)12-7-8-18-13-4-2-1-3-11(12)13;3-2(4,5)1(6)7/h1-9,23H,(H,19,20)(H,21,22);(H,6,7). The van der Waals surface area contributed by atoms with Gasteiger partial charge in [-0.05, 0) is 30.3 Å². The molecule has 0 aliphatic carbocycles. The third kappa shape index (κ3) is 4.36. The first-order chi connectivity index (χ1) is 14.2. The summed E-state index contributed by atoms with van der Waals surface area (Å²) in [5, 5.41) is 16.9. The van der Waals surface area contributed by atoms with Gasteiger partial charge in [0.25, 0.3) is 5.91 Å². The molecule has 2 aromatic heterocycles. The first-order valence-electron chi connectivity index (χ1n) is 8.29. The molecule has 0 saturated carbocycles. The van der Waals surface area contributed by atoms with Gasteiger partial charge in [0.2, 0.25) is 0 Å². The summed E-state index contributed by atoms with van der Waals surface area (Å²) < 4.78 is 31.7. The second-order valence-corrected chi connectivity index (χ2v) is 5.94. The summed E-state index contributed by atoms with van der Waals surface area (Å²) in [7, 11) is 0. The number of aromatic amines is 1. The van der Waals surface area contributed by atoms with Crippen LogP contribution in [0.15, 0.2) is 54.7 Å². The van der Waals surface area contributed by atoms with Crippen molar-refractivity contribution in [2.45, 2.75) is 6.18 Å². The van der Waals surface area contributed by atoms with Gasteiger partial charge in [-0.3, -0.25) is 15.0 Å². The lowest BCUT2D eigenvalue weighted by Crippen LogP contribution is -2.21. The van der Waals surface area contributed by atoms with E-state index < -0.39 is 18.1 Å². The molecule has 4 rings (SSSR count). The number of carboxylic acid groups (broad SMARTS) is 1. The van der Waals surface area contributed by atoms with Gasteiger partial charge in [0, 0.05) is 22.7 Å². The molecule has 0 unspecified atom stereocenters. The third-order valence-electron chi connectivity index (χ3n) is 3.99. The number of fused-ring (bicyclic) bond motifs is 2. The monoisotopic (exact) mass is 418 g/mol. The molecule has 11 heteroatoms. The van der Waals surface area contributed by atoms with Crippen molar-refractivity contribution < 1.29 is 33.1 Å². The Morgan fingerprint density at radius 1 is 1.03 bits per heavy atom. The van der Waals surface area contributed by atoms with Gasteiger partial charge in [-0.1, -0.05) is 18.2 Å². The Morgan fingerprint density at radius 2 is 1.73 bits per heavy atom. The zero-order valence-corrected chi connectivity index (χ0v) is 14.9. The van der Waals surface area contributed by atoms with Gasteiger partial charge in [-0.25, -0.2) is 15.3 Å². The summed E-state index contributed by atoms with van der Waals surface area (Å²) in [6.45, 7) is 0. The number of imidazole rings is 1. The number of carboxylic acids is 1. The van der Waals surface area contributed by atoms with Crippen LogP contribution in [0, 0.1) is 0 Å². The van der Waals surface area contributed by atoms with Crippen molar-refractivity contribution in [3.63, 3.8) is 0 Å². The van der Waals surface area contributed by atoms with Crippen molar-refractivity contribution in [3.8, 4) is 11.4 Å². The van der Waals surface area contributed by atoms with Gasteiger partial charge >= 0.3 is 12.1 Å². The first kappa shape index (κ1) is 20.7. The van der Waals surface area contributed by atoms with Crippen LogP contribution < -0.4 is 5.48 Å². The smallest absolute Gasteiger partial charge is 0.475 e. The Labute approximate surface area is 166 Å². The van der Waals surface area contributed by atoms with E-state index in [9.17, 15) is 18.0 Å². The van der Waals surface area contributed by atoms with Gasteiger partial charge < -0.3 is 10.1 Å². The quantitative estimate of drug-likeness (QED) is 0.291. The van der Waals surface area contributed by atoms with Crippen LogP contribution >= 0.6 is 0 Å². The number of hydrogen-bond donors (Lipinski definition) is 4. The highest BCUT2D eigenvalue weighted by Crippen LogP contribution is 2.27. The molecule has 0 spiro atoms. The molecule has 2 aromatic carbocycles. The topological polar surface area (TPSA) is 128 Å². The highest BCUT2D eigenvalue weighted by Gasteiger charge is 2.38. The molecule has 0 fully saturated rings. The lowest BCUT2D eigenvalue weighted by molar-refractivity contribution is -0.192. The molecule has 1 amide bonds. The summed E-state index contributed by atoms with van der Waals surface area (Å²) in [4.78, 5) is 32.6. The van der Waals surface area contributed by atoms with E-state index in [-0.39, 0.29) is 0 Å². The number of alkyl halides is 3. The van der Waals surface area contributed by atoms with Gasteiger partial charge in [0.1, 0.15) is 5.82 Å². The number of hydroxylamine groups is 1. The normalized spacial score (nSPS) is 11.1. The maximum atomic E-state index is 11.5. The first-order valence-corrected chi connectivity index (χ1v) is 8.29. The number of H-pyrrole nitrogens is 1. The number of halogens is 3. The third-order valence-corrected chi connectivity index (χ3v) is 3.99. The molecule has 0 bridgehead atoms. The molecule has 4 aromatic rings. The molecule has 0 atom stereocenters. The van der Waals surface area contributed by atoms with Gasteiger partial charge in [-0.2, -0.15) is 13.2 Å². The van der Waals surface area contributed by atoms with E-state index in [1.54, 1.807) is 29.9 Å². The van der Waals surface area contributed by atoms with E-state index in [0.29, 0.717) is 11.4 Å². The van der Waals surface area contributed by atoms with Crippen LogP contribution in [0.4, 0.5) is 13.2 Å². The van der Waals surface area contributed by atoms with E-state index in [1.807, 2.05) is 30.3 Å². The minimum absolute atomic E-state index is 0.356. The number of pyridine rings is 1. The summed E-state index contributed by atoms with van der Waals surface area (Å²) in [6.07, 6.45) is -3.34. The maximum absolute atomic E-state index is 11.5. The van der Waals surface area contributed by atoms with Crippen LogP contribution in [-0.2, 0) is 4.79 Å². The van der Waals surface area contributed by atoms with Crippen molar-refractivity contribution >= 4 is 33.8 Å². The average Bonchev–Trinajstić information content (AvgIpc) is 3.15. The molecule has 4 N–H and O–H groups in total. The molecule has 0 saturated heterocycles. The molecule has 0 aliphatic heterocycles. The number of nitrogens with zero attached hydrogens (tertiary/aromatic N) is 2. The van der Waals surface area contributed by atoms with E-state index in [4.69, 9.17) is 15.1 Å². The van der Waals surface area contributed by atoms with Gasteiger partial charge in [0.05, 0.1) is 16.6 Å². The highest BCUT2D eigenvalue weighted by molar-refractivity contribution is 5.98. The predicted molar refractivity (Wildman–Crippen MR) is 99.8 cm³/mol. The van der Waals surface area contributed by atoms with Gasteiger partial charge in [0.15, 0.2) is 0 Å². The Kier molecular flexibility index (Phi) is 5.65. The number of aliphatic carboxylic acids is 1. The van der Waals surface area contributed by atoms with Gasteiger partial charge in [-0.15, -0.1) is 0 Å². The van der Waals surface area contributed by atoms with Crippen LogP contribution in [0.25, 0.3) is 33.3 Å². The molecule has 0 radical (unpaired) electrons. The summed E-state index contributed by atoms with van der Waals surface area (Å²) in [6, 6.07) is 14.8. The van der Waals surface area contributed by atoms with Crippen LogP contribution in [0.1, 0.15) is 10.4 Å². The van der Waals surface area contributed by atoms with Crippen molar-refractivity contribution in [2.75, 3.05) is 0 Å². The van der Waals surface area contributed by atoms with Crippen molar-refractivity contribution in [1.29, 1.82) is 0 Å². The fourth-order valence-corrected chi connectivity index (χ4v) is 2.65. The minimum Gasteiger partial charge on any atom is -0.475 e. The lowest BCUT2D eigenvalue weighted by atomic mass is 10.1. The lowest BCUT2D eigenvalue weighted by Gasteiger charge is -2.02.